The van der Waals surface area contributed by atoms with Crippen LogP contribution in [0.4, 0.5) is 4.79 Å². The molecule has 28 heavy (non-hydrogen) atoms. The molecule has 1 N–H and O–H groups in total. The Kier molecular flexibility index (Phi) is 6.22. The molecule has 0 aliphatic carbocycles. The fourth-order valence-electron chi connectivity index (χ4n) is 4.03. The summed E-state index contributed by atoms with van der Waals surface area (Å²) in [7, 11) is -2.67. The van der Waals surface area contributed by atoms with E-state index in [0.29, 0.717) is 26.4 Å². The minimum Gasteiger partial charge on any atom is -0.465 e. The first-order valence-corrected chi connectivity index (χ1v) is 11.6. The van der Waals surface area contributed by atoms with Crippen molar-refractivity contribution < 1.29 is 19.1 Å². The Morgan fingerprint density at radius 3 is 2.11 bits per heavy atom. The molecule has 1 saturated heterocycles. The Labute approximate surface area is 168 Å². The van der Waals surface area contributed by atoms with E-state index in [0.717, 1.165) is 0 Å². The minimum absolute atomic E-state index is 0.140. The van der Waals surface area contributed by atoms with Crippen LogP contribution in [0.5, 0.6) is 0 Å². The molecular weight excluding hydrogens is 370 g/mol. The second-order valence-corrected chi connectivity index (χ2v) is 12.5. The summed E-state index contributed by atoms with van der Waals surface area (Å²) in [6.45, 7) is 8.14. The average Bonchev–Trinajstić information content (AvgIpc) is 2.69. The maximum Gasteiger partial charge on any atom is 0.407 e. The zero-order chi connectivity index (χ0) is 20.2. The molecule has 0 bridgehead atoms. The lowest BCUT2D eigenvalue weighted by Gasteiger charge is -2.44. The molecule has 5 nitrogen and oxygen atoms in total. The number of carboxylic acid groups (broad SMARTS) is 1. The number of carbonyl (C=O) groups is 1. The first-order valence-electron chi connectivity index (χ1n) is 9.68. The van der Waals surface area contributed by atoms with Crippen LogP contribution in [-0.2, 0) is 9.16 Å². The molecule has 1 fully saturated rings. The van der Waals surface area contributed by atoms with Gasteiger partial charge in [0.2, 0.25) is 0 Å². The second kappa shape index (κ2) is 8.47. The van der Waals surface area contributed by atoms with Gasteiger partial charge in [-0.3, -0.25) is 4.90 Å². The lowest BCUT2D eigenvalue weighted by atomic mass is 10.2. The summed E-state index contributed by atoms with van der Waals surface area (Å²) in [4.78, 5) is 13.1. The SMILES string of the molecule is CC(C)(C)[Si](OCC1COCCN1C(=O)O)(c1ccccc1)c1ccccc1. The third-order valence-electron chi connectivity index (χ3n) is 5.38. The van der Waals surface area contributed by atoms with Gasteiger partial charge in [0.1, 0.15) is 0 Å². The van der Waals surface area contributed by atoms with Gasteiger partial charge in [0.15, 0.2) is 0 Å². The molecule has 0 radical (unpaired) electrons. The highest BCUT2D eigenvalue weighted by molar-refractivity contribution is 6.99. The van der Waals surface area contributed by atoms with Gasteiger partial charge in [-0.05, 0) is 15.4 Å². The van der Waals surface area contributed by atoms with Crippen LogP contribution >= 0.6 is 0 Å². The molecule has 6 heteroatoms. The molecule has 1 aliphatic heterocycles. The maximum atomic E-state index is 11.7. The summed E-state index contributed by atoms with van der Waals surface area (Å²) < 4.78 is 12.4. The van der Waals surface area contributed by atoms with Crippen molar-refractivity contribution in [3.8, 4) is 0 Å². The number of amides is 1. The van der Waals surface area contributed by atoms with Crippen molar-refractivity contribution >= 4 is 24.8 Å². The van der Waals surface area contributed by atoms with E-state index in [9.17, 15) is 9.90 Å². The zero-order valence-electron chi connectivity index (χ0n) is 16.8. The van der Waals surface area contributed by atoms with Crippen LogP contribution in [0.25, 0.3) is 0 Å². The predicted molar refractivity (Wildman–Crippen MR) is 113 cm³/mol. The molecule has 1 atom stereocenters. The number of rotatable bonds is 5. The van der Waals surface area contributed by atoms with Crippen LogP contribution in [0.15, 0.2) is 60.7 Å². The second-order valence-electron chi connectivity index (χ2n) is 8.18. The van der Waals surface area contributed by atoms with Gasteiger partial charge in [0.05, 0.1) is 25.9 Å². The van der Waals surface area contributed by atoms with Crippen molar-refractivity contribution in [1.29, 1.82) is 0 Å². The van der Waals surface area contributed by atoms with E-state index in [-0.39, 0.29) is 11.1 Å². The highest BCUT2D eigenvalue weighted by atomic mass is 28.4. The lowest BCUT2D eigenvalue weighted by molar-refractivity contribution is -0.0161. The number of hydrogen-bond acceptors (Lipinski definition) is 3. The van der Waals surface area contributed by atoms with Gasteiger partial charge < -0.3 is 14.3 Å². The van der Waals surface area contributed by atoms with Crippen LogP contribution in [-0.4, -0.2) is 56.8 Å². The summed E-state index contributed by atoms with van der Waals surface area (Å²) in [5, 5.41) is 11.8. The topological polar surface area (TPSA) is 59.0 Å². The van der Waals surface area contributed by atoms with Crippen molar-refractivity contribution in [1.82, 2.24) is 4.90 Å². The number of morpholine rings is 1. The first-order chi connectivity index (χ1) is 13.4. The fraction of sp³-hybridized carbons (Fsp3) is 0.409. The molecule has 0 spiro atoms. The molecule has 2 aromatic carbocycles. The predicted octanol–water partition coefficient (Wildman–Crippen LogP) is 2.94. The fourth-order valence-corrected chi connectivity index (χ4v) is 8.63. The van der Waals surface area contributed by atoms with E-state index in [4.69, 9.17) is 9.16 Å². The third kappa shape index (κ3) is 3.99. The van der Waals surface area contributed by atoms with Gasteiger partial charge in [0, 0.05) is 6.54 Å². The molecule has 0 aromatic heterocycles. The van der Waals surface area contributed by atoms with Gasteiger partial charge >= 0.3 is 6.09 Å². The summed E-state index contributed by atoms with van der Waals surface area (Å²) in [5.74, 6) is 0. The van der Waals surface area contributed by atoms with Crippen LogP contribution in [0, 0.1) is 0 Å². The number of hydrogen-bond donors (Lipinski definition) is 1. The Morgan fingerprint density at radius 1 is 1.11 bits per heavy atom. The summed E-state index contributed by atoms with van der Waals surface area (Å²) in [5.41, 5.74) is 0. The molecule has 3 rings (SSSR count). The average molecular weight is 400 g/mol. The van der Waals surface area contributed by atoms with Crippen LogP contribution in [0.1, 0.15) is 20.8 Å². The molecular formula is C22H29NO4Si. The largest absolute Gasteiger partial charge is 0.465 e. The van der Waals surface area contributed by atoms with E-state index < -0.39 is 14.4 Å². The van der Waals surface area contributed by atoms with Gasteiger partial charge in [-0.25, -0.2) is 4.79 Å². The van der Waals surface area contributed by atoms with E-state index >= 15 is 0 Å². The standard InChI is InChI=1S/C22H29NO4Si/c1-22(2,3)28(19-10-6-4-7-11-19,20-12-8-5-9-13-20)27-17-18-16-26-15-14-23(18)21(24)25/h4-13,18H,14-17H2,1-3H3,(H,24,25). The van der Waals surface area contributed by atoms with Gasteiger partial charge in [-0.1, -0.05) is 81.4 Å². The van der Waals surface area contributed by atoms with Gasteiger partial charge in [-0.15, -0.1) is 0 Å². The monoisotopic (exact) mass is 399 g/mol. The van der Waals surface area contributed by atoms with Crippen LogP contribution in [0.3, 0.4) is 0 Å². The van der Waals surface area contributed by atoms with Crippen molar-refractivity contribution in [3.63, 3.8) is 0 Å². The Hall–Kier alpha value is -2.15. The minimum atomic E-state index is -2.67. The molecule has 1 aliphatic rings. The Morgan fingerprint density at radius 2 is 1.64 bits per heavy atom. The number of nitrogens with zero attached hydrogens (tertiary/aromatic N) is 1. The van der Waals surface area contributed by atoms with E-state index in [2.05, 4.69) is 45.0 Å². The highest BCUT2D eigenvalue weighted by Crippen LogP contribution is 2.37. The molecule has 1 unspecified atom stereocenters. The van der Waals surface area contributed by atoms with E-state index in [1.165, 1.54) is 15.3 Å². The normalized spacial score (nSPS) is 18.1. The Balaban J connectivity index is 2.02. The maximum absolute atomic E-state index is 11.7. The van der Waals surface area contributed by atoms with Crippen molar-refractivity contribution in [2.75, 3.05) is 26.4 Å². The van der Waals surface area contributed by atoms with Crippen LogP contribution in [0.2, 0.25) is 5.04 Å². The smallest absolute Gasteiger partial charge is 0.407 e. The summed E-state index contributed by atoms with van der Waals surface area (Å²) in [6, 6.07) is 20.4. The summed E-state index contributed by atoms with van der Waals surface area (Å²) in [6.07, 6.45) is -0.917. The molecule has 1 heterocycles. The van der Waals surface area contributed by atoms with Crippen molar-refractivity contribution in [2.45, 2.75) is 31.9 Å². The van der Waals surface area contributed by atoms with Gasteiger partial charge in [0.25, 0.3) is 8.32 Å². The molecule has 150 valence electrons. The van der Waals surface area contributed by atoms with Crippen molar-refractivity contribution in [2.24, 2.45) is 0 Å². The van der Waals surface area contributed by atoms with E-state index in [1.54, 1.807) is 0 Å². The molecule has 1 amide bonds. The van der Waals surface area contributed by atoms with E-state index in [1.807, 2.05) is 36.4 Å². The summed E-state index contributed by atoms with van der Waals surface area (Å²) >= 11 is 0. The highest BCUT2D eigenvalue weighted by Gasteiger charge is 2.50. The third-order valence-corrected chi connectivity index (χ3v) is 10.4. The lowest BCUT2D eigenvalue weighted by Crippen LogP contribution is -2.67. The van der Waals surface area contributed by atoms with Crippen LogP contribution < -0.4 is 10.4 Å². The Bertz CT molecular complexity index is 737. The van der Waals surface area contributed by atoms with Gasteiger partial charge in [-0.2, -0.15) is 0 Å². The first kappa shape index (κ1) is 20.6. The number of ether oxygens (including phenoxy) is 1. The van der Waals surface area contributed by atoms with Crippen molar-refractivity contribution in [3.05, 3.63) is 60.7 Å². The molecule has 0 saturated carbocycles. The zero-order valence-corrected chi connectivity index (χ0v) is 17.8. The number of benzene rings is 2. The quantitative estimate of drug-likeness (QED) is 0.786. The molecule has 2 aromatic rings.